The Morgan fingerprint density at radius 1 is 1.12 bits per heavy atom. The number of nitrogens with zero attached hydrogens (tertiary/aromatic N) is 3. The van der Waals surface area contributed by atoms with Gasteiger partial charge in [0.05, 0.1) is 12.2 Å². The lowest BCUT2D eigenvalue weighted by Gasteiger charge is -2.44. The Bertz CT molecular complexity index is 944. The quantitative estimate of drug-likeness (QED) is 0.742. The normalized spacial score (nSPS) is 22.4. The molecule has 2 aromatic rings. The zero-order valence-corrected chi connectivity index (χ0v) is 19.6. The molecule has 6 nitrogen and oxygen atoms in total. The van der Waals surface area contributed by atoms with Crippen molar-refractivity contribution in [3.05, 3.63) is 53.3 Å². The third-order valence-electron chi connectivity index (χ3n) is 7.02. The molecule has 1 fully saturated rings. The predicted molar refractivity (Wildman–Crippen MR) is 125 cm³/mol. The van der Waals surface area contributed by atoms with Crippen LogP contribution in [0.3, 0.4) is 0 Å². The van der Waals surface area contributed by atoms with E-state index in [-0.39, 0.29) is 23.8 Å². The molecule has 0 bridgehead atoms. The van der Waals surface area contributed by atoms with Gasteiger partial charge in [-0.15, -0.1) is 0 Å². The summed E-state index contributed by atoms with van der Waals surface area (Å²) in [6.45, 7) is 6.80. The van der Waals surface area contributed by atoms with Gasteiger partial charge in [-0.1, -0.05) is 76.3 Å². The maximum atomic E-state index is 13.7. The number of benzene rings is 1. The van der Waals surface area contributed by atoms with Gasteiger partial charge < -0.3 is 10.2 Å². The van der Waals surface area contributed by atoms with Crippen molar-refractivity contribution < 1.29 is 9.59 Å². The average molecular weight is 437 g/mol. The summed E-state index contributed by atoms with van der Waals surface area (Å²) in [5.41, 5.74) is 1.48. The van der Waals surface area contributed by atoms with Crippen LogP contribution in [-0.2, 0) is 17.9 Å². The molecule has 2 heterocycles. The molecule has 6 heteroatoms. The van der Waals surface area contributed by atoms with Gasteiger partial charge in [-0.3, -0.25) is 14.3 Å². The first-order chi connectivity index (χ1) is 15.4. The van der Waals surface area contributed by atoms with Crippen LogP contribution >= 0.6 is 0 Å². The summed E-state index contributed by atoms with van der Waals surface area (Å²) < 4.78 is 1.75. The standard InChI is InChI=1S/C26H36N4O2/c1-19(2)22-16-23-24(31)29(17-20-12-8-7-9-13-20)26(3,18-30(23)28-22)25(32)27-21-14-10-5-4-6-11-15-21/h7-9,12-13,16,19,21H,4-6,10-11,14-15,17-18H2,1-3H3,(H,27,32)/t26-/m1/s1. The van der Waals surface area contributed by atoms with Gasteiger partial charge in [0.15, 0.2) is 0 Å². The van der Waals surface area contributed by atoms with Gasteiger partial charge in [0.2, 0.25) is 5.91 Å². The summed E-state index contributed by atoms with van der Waals surface area (Å²) >= 11 is 0. The number of aromatic nitrogens is 2. The topological polar surface area (TPSA) is 67.2 Å². The largest absolute Gasteiger partial charge is 0.351 e. The molecule has 32 heavy (non-hydrogen) atoms. The molecule has 1 aliphatic carbocycles. The zero-order chi connectivity index (χ0) is 22.7. The predicted octanol–water partition coefficient (Wildman–Crippen LogP) is 4.65. The van der Waals surface area contributed by atoms with Crippen LogP contribution in [0.4, 0.5) is 0 Å². The highest BCUT2D eigenvalue weighted by Crippen LogP contribution is 2.31. The first kappa shape index (κ1) is 22.6. The van der Waals surface area contributed by atoms with E-state index < -0.39 is 5.54 Å². The number of carbonyl (C=O) groups is 2. The second-order valence-corrected chi connectivity index (χ2v) is 9.93. The Balaban J connectivity index is 1.64. The maximum Gasteiger partial charge on any atom is 0.273 e. The van der Waals surface area contributed by atoms with Crippen LogP contribution in [0.25, 0.3) is 0 Å². The third kappa shape index (κ3) is 4.59. The number of hydrogen-bond acceptors (Lipinski definition) is 3. The van der Waals surface area contributed by atoms with Crippen LogP contribution in [0.5, 0.6) is 0 Å². The van der Waals surface area contributed by atoms with Crippen molar-refractivity contribution in [2.75, 3.05) is 0 Å². The minimum atomic E-state index is -0.997. The second-order valence-electron chi connectivity index (χ2n) is 9.93. The van der Waals surface area contributed by atoms with Crippen molar-refractivity contribution in [1.29, 1.82) is 0 Å². The second kappa shape index (κ2) is 9.47. The number of fused-ring (bicyclic) bond motifs is 1. The van der Waals surface area contributed by atoms with Gasteiger partial charge in [-0.2, -0.15) is 5.10 Å². The van der Waals surface area contributed by atoms with E-state index in [9.17, 15) is 9.59 Å². The Morgan fingerprint density at radius 3 is 2.44 bits per heavy atom. The molecule has 1 aromatic carbocycles. The molecule has 1 aliphatic heterocycles. The SMILES string of the molecule is CC(C)c1cc2n(n1)C[C@](C)(C(=O)NC1CCCCCCC1)N(Cc1ccccc1)C2=O. The average Bonchev–Trinajstić information content (AvgIpc) is 3.18. The Hall–Kier alpha value is -2.63. The van der Waals surface area contributed by atoms with Crippen molar-refractivity contribution in [3.63, 3.8) is 0 Å². The molecule has 2 aliphatic rings. The van der Waals surface area contributed by atoms with Crippen LogP contribution in [0, 0.1) is 0 Å². The lowest BCUT2D eigenvalue weighted by molar-refractivity contribution is -0.134. The number of carbonyl (C=O) groups excluding carboxylic acids is 2. The Labute approximate surface area is 191 Å². The molecule has 172 valence electrons. The molecule has 0 spiro atoms. The van der Waals surface area contributed by atoms with Crippen LogP contribution in [0.2, 0.25) is 0 Å². The van der Waals surface area contributed by atoms with Crippen molar-refractivity contribution in [2.24, 2.45) is 0 Å². The smallest absolute Gasteiger partial charge is 0.273 e. The molecule has 0 radical (unpaired) electrons. The summed E-state index contributed by atoms with van der Waals surface area (Å²) in [6.07, 6.45) is 8.08. The van der Waals surface area contributed by atoms with E-state index in [1.807, 2.05) is 43.3 Å². The highest BCUT2D eigenvalue weighted by atomic mass is 16.2. The number of nitrogens with one attached hydrogen (secondary N) is 1. The first-order valence-corrected chi connectivity index (χ1v) is 12.1. The highest BCUT2D eigenvalue weighted by molar-refractivity contribution is 5.99. The summed E-state index contributed by atoms with van der Waals surface area (Å²) in [5.74, 6) is 0.0212. The van der Waals surface area contributed by atoms with Crippen LogP contribution < -0.4 is 5.32 Å². The summed E-state index contributed by atoms with van der Waals surface area (Å²) in [7, 11) is 0. The fourth-order valence-electron chi connectivity index (χ4n) is 4.90. The van der Waals surface area contributed by atoms with Crippen molar-refractivity contribution in [2.45, 2.75) is 96.3 Å². The van der Waals surface area contributed by atoms with Crippen molar-refractivity contribution in [3.8, 4) is 0 Å². The lowest BCUT2D eigenvalue weighted by atomic mass is 9.91. The summed E-state index contributed by atoms with van der Waals surface area (Å²) in [5, 5.41) is 8.00. The molecule has 1 saturated carbocycles. The van der Waals surface area contributed by atoms with E-state index in [0.717, 1.165) is 36.9 Å². The van der Waals surface area contributed by atoms with Gasteiger partial charge in [0.1, 0.15) is 11.2 Å². The van der Waals surface area contributed by atoms with Gasteiger partial charge >= 0.3 is 0 Å². The first-order valence-electron chi connectivity index (χ1n) is 12.1. The number of hydrogen-bond donors (Lipinski definition) is 1. The fraction of sp³-hybridized carbons (Fsp3) is 0.577. The molecular weight excluding hydrogens is 400 g/mol. The number of amides is 2. The third-order valence-corrected chi connectivity index (χ3v) is 7.02. The Morgan fingerprint density at radius 2 is 1.78 bits per heavy atom. The molecule has 4 rings (SSSR count). The van der Waals surface area contributed by atoms with Crippen LogP contribution in [-0.4, -0.2) is 38.1 Å². The number of rotatable bonds is 5. The molecular formula is C26H36N4O2. The van der Waals surface area contributed by atoms with E-state index in [1.165, 1.54) is 19.3 Å². The summed E-state index contributed by atoms with van der Waals surface area (Å²) in [4.78, 5) is 29.1. The van der Waals surface area contributed by atoms with Gasteiger partial charge in [-0.05, 0) is 37.3 Å². The molecule has 1 N–H and O–H groups in total. The van der Waals surface area contributed by atoms with E-state index in [2.05, 4.69) is 24.3 Å². The minimum absolute atomic E-state index is 0.0698. The van der Waals surface area contributed by atoms with E-state index in [4.69, 9.17) is 0 Å². The lowest BCUT2D eigenvalue weighted by Crippen LogP contribution is -2.64. The molecule has 1 aromatic heterocycles. The fourth-order valence-corrected chi connectivity index (χ4v) is 4.90. The molecule has 0 saturated heterocycles. The monoisotopic (exact) mass is 436 g/mol. The van der Waals surface area contributed by atoms with Crippen LogP contribution in [0.1, 0.15) is 93.4 Å². The van der Waals surface area contributed by atoms with Crippen LogP contribution in [0.15, 0.2) is 36.4 Å². The van der Waals surface area contributed by atoms with Gasteiger partial charge in [0, 0.05) is 12.6 Å². The van der Waals surface area contributed by atoms with E-state index >= 15 is 0 Å². The van der Waals surface area contributed by atoms with E-state index in [1.54, 1.807) is 9.58 Å². The Kier molecular flexibility index (Phi) is 6.68. The van der Waals surface area contributed by atoms with Gasteiger partial charge in [0.25, 0.3) is 5.91 Å². The van der Waals surface area contributed by atoms with Crippen molar-refractivity contribution >= 4 is 11.8 Å². The zero-order valence-electron chi connectivity index (χ0n) is 19.6. The van der Waals surface area contributed by atoms with Gasteiger partial charge in [-0.25, -0.2) is 0 Å². The van der Waals surface area contributed by atoms with E-state index in [0.29, 0.717) is 18.8 Å². The summed E-state index contributed by atoms with van der Waals surface area (Å²) in [6, 6.07) is 12.0. The highest BCUT2D eigenvalue weighted by Gasteiger charge is 2.48. The molecule has 1 atom stereocenters. The molecule has 0 unspecified atom stereocenters. The van der Waals surface area contributed by atoms with Crippen molar-refractivity contribution in [1.82, 2.24) is 20.0 Å². The minimum Gasteiger partial charge on any atom is -0.351 e. The maximum absolute atomic E-state index is 13.7. The molecule has 2 amide bonds.